The van der Waals surface area contributed by atoms with E-state index in [1.807, 2.05) is 5.32 Å². The van der Waals surface area contributed by atoms with E-state index in [1.165, 1.54) is 0 Å². The van der Waals surface area contributed by atoms with Crippen LogP contribution in [0, 0.1) is 23.4 Å². The van der Waals surface area contributed by atoms with Gasteiger partial charge in [0.2, 0.25) is 0 Å². The van der Waals surface area contributed by atoms with Crippen LogP contribution >= 0.6 is 0 Å². The maximum atomic E-state index is 13.3. The first-order valence-corrected chi connectivity index (χ1v) is 5.71. The predicted octanol–water partition coefficient (Wildman–Crippen LogP) is 2.34. The number of carbonyl (C=O) groups excluding carboxylic acids is 1. The second-order valence-electron chi connectivity index (χ2n) is 4.26. The second-order valence-corrected chi connectivity index (χ2v) is 4.26. The predicted molar refractivity (Wildman–Crippen MR) is 64.8 cm³/mol. The van der Waals surface area contributed by atoms with E-state index in [0.29, 0.717) is 6.07 Å². The Hall–Kier alpha value is -2.25. The first kappa shape index (κ1) is 15.8. The fourth-order valence-electron chi connectivity index (χ4n) is 1.43. The maximum Gasteiger partial charge on any atom is 0.319 e. The Morgan fingerprint density at radius 3 is 2.50 bits per heavy atom. The zero-order valence-corrected chi connectivity index (χ0v) is 10.5. The maximum absolute atomic E-state index is 13.3. The van der Waals surface area contributed by atoms with E-state index in [4.69, 9.17) is 5.11 Å². The molecule has 5 nitrogen and oxygen atoms in total. The molecule has 1 aromatic rings. The van der Waals surface area contributed by atoms with Crippen LogP contribution in [0.5, 0.6) is 0 Å². The van der Waals surface area contributed by atoms with Gasteiger partial charge < -0.3 is 15.7 Å². The summed E-state index contributed by atoms with van der Waals surface area (Å²) >= 11 is 0. The van der Waals surface area contributed by atoms with Crippen molar-refractivity contribution in [1.29, 1.82) is 0 Å². The molecule has 0 aliphatic carbocycles. The average Bonchev–Trinajstić information content (AvgIpc) is 2.36. The summed E-state index contributed by atoms with van der Waals surface area (Å²) in [6.07, 6.45) is -0.139. The lowest BCUT2D eigenvalue weighted by molar-refractivity contribution is -0.137. The molecule has 8 heteroatoms. The fraction of sp³-hybridized carbons (Fsp3) is 0.333. The molecule has 1 atom stereocenters. The normalized spacial score (nSPS) is 11.8. The molecule has 110 valence electrons. The first-order chi connectivity index (χ1) is 9.31. The minimum absolute atomic E-state index is 0.0451. The van der Waals surface area contributed by atoms with E-state index in [2.05, 4.69) is 5.32 Å². The molecule has 1 unspecified atom stereocenters. The summed E-state index contributed by atoms with van der Waals surface area (Å²) in [5.41, 5.74) is -0.507. The van der Waals surface area contributed by atoms with Crippen LogP contribution in [0.4, 0.5) is 23.7 Å². The molecule has 0 fully saturated rings. The van der Waals surface area contributed by atoms with Crippen LogP contribution in [-0.4, -0.2) is 23.7 Å². The van der Waals surface area contributed by atoms with Crippen LogP contribution in [0.3, 0.4) is 0 Å². The molecular formula is C12H13F3N2O3. The van der Waals surface area contributed by atoms with E-state index in [0.717, 1.165) is 6.07 Å². The Morgan fingerprint density at radius 2 is 1.90 bits per heavy atom. The van der Waals surface area contributed by atoms with Crippen LogP contribution < -0.4 is 10.6 Å². The topological polar surface area (TPSA) is 78.4 Å². The van der Waals surface area contributed by atoms with Crippen molar-refractivity contribution in [3.8, 4) is 0 Å². The fourth-order valence-corrected chi connectivity index (χ4v) is 1.43. The number of nitrogens with one attached hydrogen (secondary N) is 2. The van der Waals surface area contributed by atoms with E-state index in [1.54, 1.807) is 6.92 Å². The highest BCUT2D eigenvalue weighted by molar-refractivity contribution is 5.89. The molecule has 0 bridgehead atoms. The molecule has 1 rings (SSSR count). The van der Waals surface area contributed by atoms with Crippen molar-refractivity contribution in [2.24, 2.45) is 5.92 Å². The summed E-state index contributed by atoms with van der Waals surface area (Å²) in [4.78, 5) is 21.8. The van der Waals surface area contributed by atoms with E-state index in [-0.39, 0.29) is 18.9 Å². The molecule has 20 heavy (non-hydrogen) atoms. The van der Waals surface area contributed by atoms with Crippen molar-refractivity contribution in [2.75, 3.05) is 11.9 Å². The van der Waals surface area contributed by atoms with Gasteiger partial charge in [0.15, 0.2) is 17.5 Å². The highest BCUT2D eigenvalue weighted by atomic mass is 19.2. The van der Waals surface area contributed by atoms with Crippen LogP contribution in [0.2, 0.25) is 0 Å². The zero-order valence-electron chi connectivity index (χ0n) is 10.5. The van der Waals surface area contributed by atoms with E-state index < -0.39 is 35.1 Å². The number of aliphatic carboxylic acids is 1. The Bertz CT molecular complexity index is 523. The number of urea groups is 1. The summed E-state index contributed by atoms with van der Waals surface area (Å²) < 4.78 is 38.8. The third-order valence-corrected chi connectivity index (χ3v) is 2.42. The van der Waals surface area contributed by atoms with Gasteiger partial charge in [-0.25, -0.2) is 18.0 Å². The number of carboxylic acid groups (broad SMARTS) is 1. The second kappa shape index (κ2) is 6.78. The molecule has 0 saturated heterocycles. The van der Waals surface area contributed by atoms with Crippen LogP contribution in [0.25, 0.3) is 0 Å². The van der Waals surface area contributed by atoms with Crippen molar-refractivity contribution in [1.82, 2.24) is 5.32 Å². The number of halogens is 3. The Balaban J connectivity index is 2.55. The number of carboxylic acids is 1. The molecule has 1 aromatic carbocycles. The Morgan fingerprint density at radius 1 is 1.25 bits per heavy atom. The highest BCUT2D eigenvalue weighted by Gasteiger charge is 2.15. The summed E-state index contributed by atoms with van der Waals surface area (Å²) in [7, 11) is 0. The SMILES string of the molecule is CC(CNC(=O)Nc1ccc(F)c(F)c1F)CC(=O)O. The van der Waals surface area contributed by atoms with E-state index >= 15 is 0 Å². The third-order valence-electron chi connectivity index (χ3n) is 2.42. The number of anilines is 1. The third kappa shape index (κ3) is 4.45. The molecule has 0 radical (unpaired) electrons. The van der Waals surface area contributed by atoms with Crippen molar-refractivity contribution < 1.29 is 27.9 Å². The lowest BCUT2D eigenvalue weighted by atomic mass is 10.1. The van der Waals surface area contributed by atoms with Gasteiger partial charge in [0.25, 0.3) is 0 Å². The van der Waals surface area contributed by atoms with Crippen molar-refractivity contribution in [2.45, 2.75) is 13.3 Å². The van der Waals surface area contributed by atoms with Crippen LogP contribution in [0.1, 0.15) is 13.3 Å². The highest BCUT2D eigenvalue weighted by Crippen LogP contribution is 2.19. The minimum Gasteiger partial charge on any atom is -0.481 e. The van der Waals surface area contributed by atoms with Gasteiger partial charge in [-0.1, -0.05) is 6.92 Å². The number of carbonyl (C=O) groups is 2. The monoisotopic (exact) mass is 290 g/mol. The molecule has 0 heterocycles. The lowest BCUT2D eigenvalue weighted by Gasteiger charge is -2.12. The van der Waals surface area contributed by atoms with Crippen molar-refractivity contribution >= 4 is 17.7 Å². The van der Waals surface area contributed by atoms with Gasteiger partial charge >= 0.3 is 12.0 Å². The molecule has 0 aliphatic heterocycles. The number of benzene rings is 1. The number of hydrogen-bond donors (Lipinski definition) is 3. The average molecular weight is 290 g/mol. The summed E-state index contributed by atoms with van der Waals surface area (Å²) in [5.74, 6) is -5.87. The zero-order chi connectivity index (χ0) is 15.3. The summed E-state index contributed by atoms with van der Waals surface area (Å²) in [5, 5.41) is 12.8. The Kier molecular flexibility index (Phi) is 5.36. The largest absolute Gasteiger partial charge is 0.481 e. The number of amides is 2. The standard InChI is InChI=1S/C12H13F3N2O3/c1-6(4-9(18)19)5-16-12(20)17-8-3-2-7(13)10(14)11(8)15/h2-3,6H,4-5H2,1H3,(H,18,19)(H2,16,17,20). The van der Waals surface area contributed by atoms with Gasteiger partial charge in [0, 0.05) is 13.0 Å². The molecule has 0 aliphatic rings. The van der Waals surface area contributed by atoms with Crippen LogP contribution in [-0.2, 0) is 4.79 Å². The van der Waals surface area contributed by atoms with Gasteiger partial charge in [0.1, 0.15) is 0 Å². The van der Waals surface area contributed by atoms with Gasteiger partial charge in [0.05, 0.1) is 5.69 Å². The summed E-state index contributed by atoms with van der Waals surface area (Å²) in [6.45, 7) is 1.65. The smallest absolute Gasteiger partial charge is 0.319 e. The van der Waals surface area contributed by atoms with Crippen molar-refractivity contribution in [3.05, 3.63) is 29.6 Å². The molecule has 2 amide bonds. The number of hydrogen-bond acceptors (Lipinski definition) is 2. The van der Waals surface area contributed by atoms with Crippen LogP contribution in [0.15, 0.2) is 12.1 Å². The molecule has 3 N–H and O–H groups in total. The van der Waals surface area contributed by atoms with E-state index in [9.17, 15) is 22.8 Å². The van der Waals surface area contributed by atoms with Gasteiger partial charge in [-0.15, -0.1) is 0 Å². The van der Waals surface area contributed by atoms with Crippen molar-refractivity contribution in [3.63, 3.8) is 0 Å². The quantitative estimate of drug-likeness (QED) is 0.728. The van der Waals surface area contributed by atoms with Gasteiger partial charge in [-0.3, -0.25) is 4.79 Å². The Labute approximate surface area is 112 Å². The van der Waals surface area contributed by atoms with Gasteiger partial charge in [-0.05, 0) is 18.1 Å². The number of rotatable bonds is 5. The molecule has 0 spiro atoms. The van der Waals surface area contributed by atoms with Gasteiger partial charge in [-0.2, -0.15) is 0 Å². The summed E-state index contributed by atoms with van der Waals surface area (Å²) in [6, 6.07) is 0.724. The lowest BCUT2D eigenvalue weighted by Crippen LogP contribution is -2.33. The molecular weight excluding hydrogens is 277 g/mol. The minimum atomic E-state index is -1.68. The molecule has 0 aromatic heterocycles. The molecule has 0 saturated carbocycles. The first-order valence-electron chi connectivity index (χ1n) is 5.71.